The highest BCUT2D eigenvalue weighted by Crippen LogP contribution is 2.17. The maximum absolute atomic E-state index is 12.5. The van der Waals surface area contributed by atoms with Gasteiger partial charge in [0, 0.05) is 39.1 Å². The number of hydrogen-bond acceptors (Lipinski definition) is 3. The Morgan fingerprint density at radius 2 is 2.04 bits per heavy atom. The molecule has 1 heterocycles. The molecule has 6 heteroatoms. The van der Waals surface area contributed by atoms with Gasteiger partial charge in [0.2, 0.25) is 5.91 Å². The Bertz CT molecular complexity index is 630. The molecular formula is C22H36N4O2. The summed E-state index contributed by atoms with van der Waals surface area (Å²) in [7, 11) is 2.02. The number of benzene rings is 1. The summed E-state index contributed by atoms with van der Waals surface area (Å²) in [5.41, 5.74) is 1.19. The number of piperidine rings is 1. The molecule has 28 heavy (non-hydrogen) atoms. The number of amides is 1. The molecule has 0 spiro atoms. The Morgan fingerprint density at radius 3 is 2.68 bits per heavy atom. The fraction of sp³-hybridized carbons (Fsp3) is 0.636. The molecule has 1 atom stereocenters. The summed E-state index contributed by atoms with van der Waals surface area (Å²) < 4.78 is 5.50. The van der Waals surface area contributed by atoms with Crippen LogP contribution in [0.5, 0.6) is 5.75 Å². The zero-order valence-electron chi connectivity index (χ0n) is 17.9. The van der Waals surface area contributed by atoms with E-state index in [1.807, 2.05) is 31.0 Å². The minimum absolute atomic E-state index is 0.223. The second-order valence-electron chi connectivity index (χ2n) is 7.35. The summed E-state index contributed by atoms with van der Waals surface area (Å²) in [6.07, 6.45) is 3.93. The predicted octanol–water partition coefficient (Wildman–Crippen LogP) is 3.27. The molecular weight excluding hydrogens is 352 g/mol. The Hall–Kier alpha value is -2.24. The van der Waals surface area contributed by atoms with Gasteiger partial charge in [-0.05, 0) is 57.7 Å². The quantitative estimate of drug-likeness (QED) is 0.548. The van der Waals surface area contributed by atoms with Gasteiger partial charge >= 0.3 is 0 Å². The summed E-state index contributed by atoms with van der Waals surface area (Å²) in [5, 5.41) is 3.32. The van der Waals surface area contributed by atoms with E-state index in [0.717, 1.165) is 44.2 Å². The molecule has 1 aliphatic rings. The van der Waals surface area contributed by atoms with Crippen LogP contribution in [0.25, 0.3) is 0 Å². The summed E-state index contributed by atoms with van der Waals surface area (Å²) >= 11 is 0. The van der Waals surface area contributed by atoms with E-state index < -0.39 is 0 Å². The van der Waals surface area contributed by atoms with Crippen LogP contribution in [-0.4, -0.2) is 61.0 Å². The SMILES string of the molecule is CCNC(=NCCC(=O)N1CCCCC1C)N(C)Cc1ccc(OCC)cc1. The van der Waals surface area contributed by atoms with Crippen LogP contribution in [-0.2, 0) is 11.3 Å². The van der Waals surface area contributed by atoms with Gasteiger partial charge in [-0.15, -0.1) is 0 Å². The number of carbonyl (C=O) groups is 1. The van der Waals surface area contributed by atoms with Crippen LogP contribution in [0.15, 0.2) is 29.3 Å². The fourth-order valence-electron chi connectivity index (χ4n) is 3.55. The van der Waals surface area contributed by atoms with Gasteiger partial charge in [0.15, 0.2) is 5.96 Å². The monoisotopic (exact) mass is 388 g/mol. The van der Waals surface area contributed by atoms with Gasteiger partial charge < -0.3 is 19.9 Å². The highest BCUT2D eigenvalue weighted by atomic mass is 16.5. The van der Waals surface area contributed by atoms with E-state index in [1.165, 1.54) is 12.0 Å². The van der Waals surface area contributed by atoms with Crippen LogP contribution in [0.2, 0.25) is 0 Å². The number of nitrogens with one attached hydrogen (secondary N) is 1. The van der Waals surface area contributed by atoms with E-state index in [1.54, 1.807) is 0 Å². The normalized spacial score (nSPS) is 17.4. The van der Waals surface area contributed by atoms with E-state index in [9.17, 15) is 4.79 Å². The van der Waals surface area contributed by atoms with Crippen molar-refractivity contribution in [3.05, 3.63) is 29.8 Å². The van der Waals surface area contributed by atoms with Crippen molar-refractivity contribution >= 4 is 11.9 Å². The Kier molecular flexibility index (Phi) is 9.11. The summed E-state index contributed by atoms with van der Waals surface area (Å²) in [4.78, 5) is 21.3. The van der Waals surface area contributed by atoms with Gasteiger partial charge in [0.05, 0.1) is 13.2 Å². The number of nitrogens with zero attached hydrogens (tertiary/aromatic N) is 3. The van der Waals surface area contributed by atoms with Crippen LogP contribution in [0, 0.1) is 0 Å². The minimum Gasteiger partial charge on any atom is -0.494 e. The zero-order valence-corrected chi connectivity index (χ0v) is 17.9. The first-order chi connectivity index (χ1) is 13.5. The van der Waals surface area contributed by atoms with Gasteiger partial charge in [0.1, 0.15) is 5.75 Å². The number of rotatable bonds is 8. The second kappa shape index (κ2) is 11.6. The van der Waals surface area contributed by atoms with Gasteiger partial charge in [-0.3, -0.25) is 9.79 Å². The van der Waals surface area contributed by atoms with Crippen molar-refractivity contribution in [3.8, 4) is 5.75 Å². The molecule has 6 nitrogen and oxygen atoms in total. The molecule has 1 unspecified atom stereocenters. The number of aliphatic imine (C=N–C) groups is 1. The molecule has 1 aliphatic heterocycles. The van der Waals surface area contributed by atoms with Gasteiger partial charge in [-0.25, -0.2) is 0 Å². The van der Waals surface area contributed by atoms with Crippen molar-refractivity contribution in [2.24, 2.45) is 4.99 Å². The molecule has 0 bridgehead atoms. The molecule has 156 valence electrons. The molecule has 1 amide bonds. The van der Waals surface area contributed by atoms with Crippen LogP contribution < -0.4 is 10.1 Å². The number of ether oxygens (including phenoxy) is 1. The largest absolute Gasteiger partial charge is 0.494 e. The van der Waals surface area contributed by atoms with Crippen molar-refractivity contribution in [2.75, 3.05) is 33.3 Å². The Balaban J connectivity index is 1.90. The lowest BCUT2D eigenvalue weighted by molar-refractivity contribution is -0.134. The molecule has 1 fully saturated rings. The molecule has 0 aromatic heterocycles. The van der Waals surface area contributed by atoms with Crippen molar-refractivity contribution in [2.45, 2.75) is 59.0 Å². The highest BCUT2D eigenvalue weighted by Gasteiger charge is 2.22. The molecule has 0 saturated carbocycles. The number of hydrogen-bond donors (Lipinski definition) is 1. The molecule has 1 aromatic carbocycles. The number of likely N-dealkylation sites (tertiary alicyclic amines) is 1. The van der Waals surface area contributed by atoms with Crippen molar-refractivity contribution in [3.63, 3.8) is 0 Å². The first-order valence-electron chi connectivity index (χ1n) is 10.6. The number of guanidine groups is 1. The minimum atomic E-state index is 0.223. The van der Waals surface area contributed by atoms with Gasteiger partial charge in [-0.1, -0.05) is 12.1 Å². The average molecular weight is 389 g/mol. The molecule has 0 aliphatic carbocycles. The lowest BCUT2D eigenvalue weighted by Crippen LogP contribution is -2.42. The summed E-state index contributed by atoms with van der Waals surface area (Å²) in [6, 6.07) is 8.50. The Labute approximate surface area is 170 Å². The van der Waals surface area contributed by atoms with Gasteiger partial charge in [0.25, 0.3) is 0 Å². The van der Waals surface area contributed by atoms with Crippen molar-refractivity contribution in [1.29, 1.82) is 0 Å². The molecule has 0 radical (unpaired) electrons. The van der Waals surface area contributed by atoms with Crippen LogP contribution in [0.1, 0.15) is 52.0 Å². The van der Waals surface area contributed by atoms with E-state index >= 15 is 0 Å². The van der Waals surface area contributed by atoms with E-state index in [4.69, 9.17) is 4.74 Å². The molecule has 2 rings (SSSR count). The topological polar surface area (TPSA) is 57.2 Å². The van der Waals surface area contributed by atoms with Gasteiger partial charge in [-0.2, -0.15) is 0 Å². The Morgan fingerprint density at radius 1 is 1.29 bits per heavy atom. The fourth-order valence-corrected chi connectivity index (χ4v) is 3.55. The van der Waals surface area contributed by atoms with Crippen molar-refractivity contribution in [1.82, 2.24) is 15.1 Å². The van der Waals surface area contributed by atoms with E-state index in [0.29, 0.717) is 25.6 Å². The molecule has 1 aromatic rings. The highest BCUT2D eigenvalue weighted by molar-refractivity contribution is 5.81. The predicted molar refractivity (Wildman–Crippen MR) is 115 cm³/mol. The maximum Gasteiger partial charge on any atom is 0.224 e. The lowest BCUT2D eigenvalue weighted by atomic mass is 10.0. The molecule has 1 saturated heterocycles. The van der Waals surface area contributed by atoms with E-state index in [2.05, 4.69) is 41.2 Å². The average Bonchev–Trinajstić information content (AvgIpc) is 2.69. The first kappa shape index (κ1) is 22.1. The first-order valence-corrected chi connectivity index (χ1v) is 10.6. The summed E-state index contributed by atoms with van der Waals surface area (Å²) in [5.74, 6) is 1.94. The second-order valence-corrected chi connectivity index (χ2v) is 7.35. The third-order valence-corrected chi connectivity index (χ3v) is 5.06. The van der Waals surface area contributed by atoms with Crippen LogP contribution in [0.4, 0.5) is 0 Å². The third-order valence-electron chi connectivity index (χ3n) is 5.06. The zero-order chi connectivity index (χ0) is 20.4. The molecule has 1 N–H and O–H groups in total. The van der Waals surface area contributed by atoms with Crippen LogP contribution in [0.3, 0.4) is 0 Å². The van der Waals surface area contributed by atoms with E-state index in [-0.39, 0.29) is 5.91 Å². The third kappa shape index (κ3) is 6.73. The lowest BCUT2D eigenvalue weighted by Gasteiger charge is -2.33. The van der Waals surface area contributed by atoms with Crippen LogP contribution >= 0.6 is 0 Å². The number of carbonyl (C=O) groups excluding carboxylic acids is 1. The van der Waals surface area contributed by atoms with Crippen molar-refractivity contribution < 1.29 is 9.53 Å². The smallest absolute Gasteiger partial charge is 0.224 e. The maximum atomic E-state index is 12.5. The standard InChI is InChI=1S/C22H36N4O2/c1-5-23-22(24-15-14-21(27)26-16-8-7-9-18(26)3)25(4)17-19-10-12-20(13-11-19)28-6-2/h10-13,18H,5-9,14-17H2,1-4H3,(H,23,24). The summed E-state index contributed by atoms with van der Waals surface area (Å²) in [6.45, 7) is 9.80.